The molecule has 0 bridgehead atoms. The molecular weight excluding hydrogens is 286 g/mol. The molecule has 0 aliphatic rings. The maximum absolute atomic E-state index is 5.84. The number of rotatable bonds is 1. The molecule has 0 amide bonds. The van der Waals surface area contributed by atoms with Crippen molar-refractivity contribution in [2.75, 3.05) is 0 Å². The Kier molecular flexibility index (Phi) is 2.46. The lowest BCUT2D eigenvalue weighted by atomic mass is 10.1. The highest BCUT2D eigenvalue weighted by Crippen LogP contribution is 2.32. The van der Waals surface area contributed by atoms with E-state index >= 15 is 0 Å². The van der Waals surface area contributed by atoms with Gasteiger partial charge in [0.05, 0.1) is 17.6 Å². The molecule has 0 unspecified atom stereocenters. The maximum Gasteiger partial charge on any atom is 0.153 e. The zero-order chi connectivity index (χ0) is 15.2. The lowest BCUT2D eigenvalue weighted by Gasteiger charge is -2.04. The van der Waals surface area contributed by atoms with Gasteiger partial charge in [0.15, 0.2) is 5.58 Å². The molecule has 0 aliphatic heterocycles. The Hall–Kier alpha value is -3.27. The van der Waals surface area contributed by atoms with Crippen molar-refractivity contribution < 1.29 is 4.42 Å². The minimum absolute atomic E-state index is 0.789. The van der Waals surface area contributed by atoms with Gasteiger partial charge in [0.2, 0.25) is 0 Å². The van der Waals surface area contributed by atoms with E-state index in [0.29, 0.717) is 0 Å². The van der Waals surface area contributed by atoms with Gasteiger partial charge in [0.25, 0.3) is 0 Å². The van der Waals surface area contributed by atoms with E-state index in [1.165, 1.54) is 0 Å². The van der Waals surface area contributed by atoms with Gasteiger partial charge >= 0.3 is 0 Å². The fourth-order valence-corrected chi connectivity index (χ4v) is 2.98. The second-order valence-corrected chi connectivity index (χ2v) is 5.42. The Balaban J connectivity index is 1.84. The number of nitrogens with zero attached hydrogens (tertiary/aromatic N) is 3. The Morgan fingerprint density at radius 1 is 0.739 bits per heavy atom. The lowest BCUT2D eigenvalue weighted by molar-refractivity contribution is 0.667. The van der Waals surface area contributed by atoms with Crippen molar-refractivity contribution in [3.8, 4) is 11.4 Å². The first kappa shape index (κ1) is 12.3. The predicted octanol–water partition coefficient (Wildman–Crippen LogP) is 4.59. The summed E-state index contributed by atoms with van der Waals surface area (Å²) in [6, 6.07) is 14.0. The quantitative estimate of drug-likeness (QED) is 0.454. The predicted molar refractivity (Wildman–Crippen MR) is 90.0 cm³/mol. The van der Waals surface area contributed by atoms with Crippen molar-refractivity contribution in [3.05, 3.63) is 67.3 Å². The van der Waals surface area contributed by atoms with Crippen LogP contribution < -0.4 is 0 Å². The smallest absolute Gasteiger partial charge is 0.153 e. The van der Waals surface area contributed by atoms with Gasteiger partial charge in [-0.25, -0.2) is 0 Å². The van der Waals surface area contributed by atoms with Gasteiger partial charge in [-0.2, -0.15) is 0 Å². The maximum atomic E-state index is 5.84. The van der Waals surface area contributed by atoms with E-state index in [2.05, 4.69) is 21.0 Å². The van der Waals surface area contributed by atoms with Crippen LogP contribution in [0.4, 0.5) is 0 Å². The molecule has 0 radical (unpaired) electrons. The summed E-state index contributed by atoms with van der Waals surface area (Å²) < 4.78 is 5.84. The number of aromatic nitrogens is 3. The average Bonchev–Trinajstić information content (AvgIpc) is 2.99. The van der Waals surface area contributed by atoms with Crippen LogP contribution in [0.15, 0.2) is 71.7 Å². The first-order chi connectivity index (χ1) is 11.4. The number of benzene rings is 1. The van der Waals surface area contributed by atoms with E-state index in [9.17, 15) is 0 Å². The van der Waals surface area contributed by atoms with Crippen molar-refractivity contribution in [2.45, 2.75) is 0 Å². The summed E-state index contributed by atoms with van der Waals surface area (Å²) >= 11 is 0. The van der Waals surface area contributed by atoms with Crippen LogP contribution in [0, 0.1) is 0 Å². The third-order valence-electron chi connectivity index (χ3n) is 4.07. The molecule has 4 heteroatoms. The minimum Gasteiger partial charge on any atom is -0.454 e. The number of pyridine rings is 3. The van der Waals surface area contributed by atoms with E-state index in [4.69, 9.17) is 4.42 Å². The second kappa shape index (κ2) is 4.61. The van der Waals surface area contributed by atoms with Crippen LogP contribution in [0.2, 0.25) is 0 Å². The second-order valence-electron chi connectivity index (χ2n) is 5.42. The van der Waals surface area contributed by atoms with E-state index in [1.54, 1.807) is 18.6 Å². The van der Waals surface area contributed by atoms with Crippen LogP contribution in [0.5, 0.6) is 0 Å². The van der Waals surface area contributed by atoms with Gasteiger partial charge in [-0.1, -0.05) is 18.2 Å². The molecule has 23 heavy (non-hydrogen) atoms. The summed E-state index contributed by atoms with van der Waals surface area (Å²) in [5.41, 5.74) is 3.35. The van der Waals surface area contributed by atoms with Crippen LogP contribution >= 0.6 is 0 Å². The topological polar surface area (TPSA) is 51.8 Å². The summed E-state index contributed by atoms with van der Waals surface area (Å²) in [6.07, 6.45) is 7.18. The van der Waals surface area contributed by atoms with Gasteiger partial charge in [0.1, 0.15) is 5.58 Å². The number of fused-ring (bicyclic) bond motifs is 4. The van der Waals surface area contributed by atoms with Crippen molar-refractivity contribution in [1.82, 2.24) is 15.0 Å². The normalized spacial score (nSPS) is 11.5. The molecule has 5 aromatic rings. The highest BCUT2D eigenvalue weighted by atomic mass is 16.3. The molecule has 0 aliphatic carbocycles. The van der Waals surface area contributed by atoms with E-state index in [0.717, 1.165) is 44.1 Å². The monoisotopic (exact) mass is 297 g/mol. The number of hydrogen-bond donors (Lipinski definition) is 0. The molecule has 4 nitrogen and oxygen atoms in total. The summed E-state index contributed by atoms with van der Waals surface area (Å²) in [5.74, 6) is 0. The standard InChI is InChI=1S/C19H11N3O/c1-2-4-17-14(3-1)15-9-16(22-11-18(15)23-17)19-13-6-7-20-10-12(13)5-8-21-19/h1-11H. The SMILES string of the molecule is c1ccc2c(c1)oc1cnc(-c3nccc4cnccc34)cc12. The highest BCUT2D eigenvalue weighted by molar-refractivity contribution is 6.06. The zero-order valence-corrected chi connectivity index (χ0v) is 12.1. The molecule has 0 saturated carbocycles. The van der Waals surface area contributed by atoms with Gasteiger partial charge in [-0.3, -0.25) is 15.0 Å². The minimum atomic E-state index is 0.789. The van der Waals surface area contributed by atoms with Crippen LogP contribution in [0.3, 0.4) is 0 Å². The Morgan fingerprint density at radius 3 is 2.70 bits per heavy atom. The number of hydrogen-bond acceptors (Lipinski definition) is 4. The molecule has 4 heterocycles. The molecule has 1 aromatic carbocycles. The van der Waals surface area contributed by atoms with Crippen LogP contribution in [0.25, 0.3) is 44.1 Å². The molecule has 5 rings (SSSR count). The Labute approximate surface area is 131 Å². The van der Waals surface area contributed by atoms with E-state index in [1.807, 2.05) is 42.6 Å². The fourth-order valence-electron chi connectivity index (χ4n) is 2.98. The van der Waals surface area contributed by atoms with Crippen molar-refractivity contribution in [2.24, 2.45) is 0 Å². The van der Waals surface area contributed by atoms with Gasteiger partial charge in [-0.15, -0.1) is 0 Å². The molecule has 0 fully saturated rings. The average molecular weight is 297 g/mol. The molecule has 0 N–H and O–H groups in total. The Morgan fingerprint density at radius 2 is 1.70 bits per heavy atom. The molecule has 4 aromatic heterocycles. The largest absolute Gasteiger partial charge is 0.454 e. The van der Waals surface area contributed by atoms with E-state index < -0.39 is 0 Å². The molecule has 0 spiro atoms. The third kappa shape index (κ3) is 1.82. The van der Waals surface area contributed by atoms with E-state index in [-0.39, 0.29) is 0 Å². The van der Waals surface area contributed by atoms with Crippen molar-refractivity contribution >= 4 is 32.7 Å². The molecule has 108 valence electrons. The van der Waals surface area contributed by atoms with Gasteiger partial charge in [-0.05, 0) is 24.3 Å². The van der Waals surface area contributed by atoms with Gasteiger partial charge < -0.3 is 4.42 Å². The highest BCUT2D eigenvalue weighted by Gasteiger charge is 2.11. The first-order valence-corrected chi connectivity index (χ1v) is 7.36. The van der Waals surface area contributed by atoms with Crippen molar-refractivity contribution in [3.63, 3.8) is 0 Å². The molecular formula is C19H11N3O. The summed E-state index contributed by atoms with van der Waals surface area (Å²) in [4.78, 5) is 13.2. The fraction of sp³-hybridized carbons (Fsp3) is 0. The third-order valence-corrected chi connectivity index (χ3v) is 4.07. The molecule has 0 atom stereocenters. The van der Waals surface area contributed by atoms with Crippen molar-refractivity contribution in [1.29, 1.82) is 0 Å². The summed E-state index contributed by atoms with van der Waals surface area (Å²) in [5, 5.41) is 4.24. The summed E-state index contributed by atoms with van der Waals surface area (Å²) in [6.45, 7) is 0. The van der Waals surface area contributed by atoms with Crippen LogP contribution in [-0.2, 0) is 0 Å². The first-order valence-electron chi connectivity index (χ1n) is 7.36. The number of furan rings is 1. The zero-order valence-electron chi connectivity index (χ0n) is 12.1. The number of para-hydroxylation sites is 1. The van der Waals surface area contributed by atoms with Crippen LogP contribution in [0.1, 0.15) is 0 Å². The van der Waals surface area contributed by atoms with Crippen LogP contribution in [-0.4, -0.2) is 15.0 Å². The summed E-state index contributed by atoms with van der Waals surface area (Å²) in [7, 11) is 0. The lowest BCUT2D eigenvalue weighted by Crippen LogP contribution is -1.89. The molecule has 0 saturated heterocycles. The van der Waals surface area contributed by atoms with Gasteiger partial charge in [0, 0.05) is 40.1 Å². The Bertz CT molecular complexity index is 1170.